The Morgan fingerprint density at radius 3 is 2.59 bits per heavy atom. The maximum atomic E-state index is 12.9. The number of nitrogens with one attached hydrogen (secondary N) is 1. The molecule has 1 heterocycles. The molecule has 0 unspecified atom stereocenters. The van der Waals surface area contributed by atoms with Gasteiger partial charge in [-0.15, -0.1) is 0 Å². The van der Waals surface area contributed by atoms with Gasteiger partial charge in [0.1, 0.15) is 11.6 Å². The molecule has 0 aliphatic heterocycles. The van der Waals surface area contributed by atoms with Gasteiger partial charge in [0.25, 0.3) is 5.56 Å². The van der Waals surface area contributed by atoms with E-state index in [0.29, 0.717) is 15.9 Å². The lowest BCUT2D eigenvalue weighted by molar-refractivity contribution is 0.410. The second-order valence-corrected chi connectivity index (χ2v) is 6.07. The summed E-state index contributed by atoms with van der Waals surface area (Å²) >= 11 is 8.02. The van der Waals surface area contributed by atoms with Crippen LogP contribution in [0.15, 0.2) is 41.2 Å². The van der Waals surface area contributed by atoms with Crippen LogP contribution in [0.3, 0.4) is 0 Å². The van der Waals surface area contributed by atoms with E-state index < -0.39 is 11.4 Å². The first-order chi connectivity index (χ1) is 10.5. The van der Waals surface area contributed by atoms with Crippen LogP contribution in [0.25, 0.3) is 10.9 Å². The molecule has 3 rings (SSSR count). The summed E-state index contributed by atoms with van der Waals surface area (Å²) in [6.07, 6.45) is 0. The highest BCUT2D eigenvalue weighted by Gasteiger charge is 2.15. The number of hydrogen-bond acceptors (Lipinski definition) is 3. The SMILES string of the molecule is O=c1[nH]c2cc(Cl)c(I)cc2c(O)c1Oc1ccc(F)cc1. The first kappa shape index (κ1) is 15.1. The molecule has 0 spiro atoms. The number of aromatic amines is 1. The van der Waals surface area contributed by atoms with E-state index in [-0.39, 0.29) is 17.2 Å². The van der Waals surface area contributed by atoms with Gasteiger partial charge in [-0.25, -0.2) is 4.39 Å². The molecule has 0 saturated carbocycles. The van der Waals surface area contributed by atoms with Crippen LogP contribution in [-0.4, -0.2) is 10.1 Å². The highest BCUT2D eigenvalue weighted by Crippen LogP contribution is 2.35. The van der Waals surface area contributed by atoms with Gasteiger partial charge in [-0.1, -0.05) is 11.6 Å². The number of H-pyrrole nitrogens is 1. The molecular formula is C15H8ClFINO3. The average Bonchev–Trinajstić information content (AvgIpc) is 2.48. The highest BCUT2D eigenvalue weighted by molar-refractivity contribution is 14.1. The molecule has 0 saturated heterocycles. The average molecular weight is 432 g/mol. The Morgan fingerprint density at radius 1 is 1.23 bits per heavy atom. The van der Waals surface area contributed by atoms with Crippen LogP contribution in [0.5, 0.6) is 17.2 Å². The lowest BCUT2D eigenvalue weighted by Gasteiger charge is -2.10. The van der Waals surface area contributed by atoms with Gasteiger partial charge in [0, 0.05) is 8.96 Å². The fourth-order valence-electron chi connectivity index (χ4n) is 1.97. The number of halogens is 3. The van der Waals surface area contributed by atoms with E-state index in [0.717, 1.165) is 3.57 Å². The van der Waals surface area contributed by atoms with Gasteiger partial charge < -0.3 is 14.8 Å². The summed E-state index contributed by atoms with van der Waals surface area (Å²) in [7, 11) is 0. The van der Waals surface area contributed by atoms with E-state index in [4.69, 9.17) is 16.3 Å². The van der Waals surface area contributed by atoms with Crippen LogP contribution in [0, 0.1) is 9.39 Å². The maximum absolute atomic E-state index is 12.9. The van der Waals surface area contributed by atoms with Crippen LogP contribution >= 0.6 is 34.2 Å². The van der Waals surface area contributed by atoms with Crippen molar-refractivity contribution in [2.24, 2.45) is 0 Å². The Bertz CT molecular complexity index is 925. The predicted octanol–water partition coefficient (Wildman–Crippen LogP) is 4.42. The van der Waals surface area contributed by atoms with E-state index in [1.54, 1.807) is 12.1 Å². The van der Waals surface area contributed by atoms with Gasteiger partial charge in [-0.3, -0.25) is 4.79 Å². The zero-order valence-corrected chi connectivity index (χ0v) is 13.8. The summed E-state index contributed by atoms with van der Waals surface area (Å²) in [5.74, 6) is -0.728. The molecule has 3 aromatic rings. The first-order valence-electron chi connectivity index (χ1n) is 6.13. The molecule has 0 bridgehead atoms. The fourth-order valence-corrected chi connectivity index (χ4v) is 2.60. The van der Waals surface area contributed by atoms with Gasteiger partial charge in [0.05, 0.1) is 10.5 Å². The number of hydrogen-bond donors (Lipinski definition) is 2. The van der Waals surface area contributed by atoms with E-state index >= 15 is 0 Å². The van der Waals surface area contributed by atoms with Crippen LogP contribution < -0.4 is 10.3 Å². The zero-order chi connectivity index (χ0) is 15.9. The molecule has 0 atom stereocenters. The molecule has 7 heteroatoms. The Hall–Kier alpha value is -1.80. The number of benzene rings is 2. The standard InChI is InChI=1S/C15H8ClFINO3/c16-10-6-12-9(5-11(10)18)13(20)14(15(21)19-12)22-8-3-1-7(17)2-4-8/h1-6H,(H2,19,20,21). The zero-order valence-electron chi connectivity index (χ0n) is 10.9. The molecule has 1 aromatic heterocycles. The molecule has 112 valence electrons. The highest BCUT2D eigenvalue weighted by atomic mass is 127. The minimum atomic E-state index is -0.605. The smallest absolute Gasteiger partial charge is 0.295 e. The largest absolute Gasteiger partial charge is 0.504 e. The molecule has 0 aliphatic rings. The van der Waals surface area contributed by atoms with Crippen molar-refractivity contribution in [1.82, 2.24) is 4.98 Å². The monoisotopic (exact) mass is 431 g/mol. The number of pyridine rings is 1. The van der Waals surface area contributed by atoms with Crippen molar-refractivity contribution in [3.8, 4) is 17.2 Å². The molecule has 0 amide bonds. The van der Waals surface area contributed by atoms with Crippen molar-refractivity contribution < 1.29 is 14.2 Å². The third kappa shape index (κ3) is 2.76. The van der Waals surface area contributed by atoms with E-state index in [1.165, 1.54) is 24.3 Å². The van der Waals surface area contributed by atoms with E-state index in [2.05, 4.69) is 4.98 Å². The fraction of sp³-hybridized carbons (Fsp3) is 0. The van der Waals surface area contributed by atoms with Crippen molar-refractivity contribution in [3.63, 3.8) is 0 Å². The van der Waals surface area contributed by atoms with Crippen molar-refractivity contribution in [2.75, 3.05) is 0 Å². The molecular weight excluding hydrogens is 424 g/mol. The normalized spacial score (nSPS) is 10.9. The molecule has 2 aromatic carbocycles. The lowest BCUT2D eigenvalue weighted by atomic mass is 10.2. The van der Waals surface area contributed by atoms with Crippen LogP contribution in [0.1, 0.15) is 0 Å². The Balaban J connectivity index is 2.15. The third-order valence-electron chi connectivity index (χ3n) is 3.02. The van der Waals surface area contributed by atoms with Crippen LogP contribution in [-0.2, 0) is 0 Å². The minimum absolute atomic E-state index is 0.241. The Labute approximate surface area is 142 Å². The second-order valence-electron chi connectivity index (χ2n) is 4.50. The van der Waals surface area contributed by atoms with Gasteiger partial charge >= 0.3 is 0 Å². The lowest BCUT2D eigenvalue weighted by Crippen LogP contribution is -2.09. The summed E-state index contributed by atoms with van der Waals surface area (Å²) in [4.78, 5) is 14.7. The minimum Gasteiger partial charge on any atom is -0.504 e. The summed E-state index contributed by atoms with van der Waals surface area (Å²) in [5, 5.41) is 11.2. The summed E-state index contributed by atoms with van der Waals surface area (Å²) in [6.45, 7) is 0. The van der Waals surface area contributed by atoms with Gasteiger partial charge in [0.15, 0.2) is 5.75 Å². The summed E-state index contributed by atoms with van der Waals surface area (Å²) < 4.78 is 19.0. The van der Waals surface area contributed by atoms with Gasteiger partial charge in [-0.05, 0) is 59.0 Å². The van der Waals surface area contributed by atoms with Gasteiger partial charge in [-0.2, -0.15) is 0 Å². The quantitative estimate of drug-likeness (QED) is 0.591. The Kier molecular flexibility index (Phi) is 3.96. The van der Waals surface area contributed by atoms with Crippen LogP contribution in [0.2, 0.25) is 5.02 Å². The van der Waals surface area contributed by atoms with Crippen LogP contribution in [0.4, 0.5) is 4.39 Å². The van der Waals surface area contributed by atoms with Crippen molar-refractivity contribution in [2.45, 2.75) is 0 Å². The molecule has 4 nitrogen and oxygen atoms in total. The molecule has 0 radical (unpaired) electrons. The van der Waals surface area contributed by atoms with Crippen molar-refractivity contribution in [3.05, 3.63) is 61.2 Å². The number of rotatable bonds is 2. The molecule has 0 aliphatic carbocycles. The van der Waals surface area contributed by atoms with Crippen molar-refractivity contribution in [1.29, 1.82) is 0 Å². The molecule has 0 fully saturated rings. The number of aromatic hydroxyl groups is 1. The van der Waals surface area contributed by atoms with E-state index in [9.17, 15) is 14.3 Å². The maximum Gasteiger partial charge on any atom is 0.295 e. The third-order valence-corrected chi connectivity index (χ3v) is 4.54. The number of aromatic nitrogens is 1. The summed E-state index contributed by atoms with van der Waals surface area (Å²) in [6, 6.07) is 8.32. The van der Waals surface area contributed by atoms with E-state index in [1.807, 2.05) is 22.6 Å². The molecule has 2 N–H and O–H groups in total. The summed E-state index contributed by atoms with van der Waals surface area (Å²) in [5.41, 5.74) is -0.203. The molecule has 22 heavy (non-hydrogen) atoms. The number of ether oxygens (including phenoxy) is 1. The first-order valence-corrected chi connectivity index (χ1v) is 7.59. The van der Waals surface area contributed by atoms with Gasteiger partial charge in [0.2, 0.25) is 5.75 Å². The number of fused-ring (bicyclic) bond motifs is 1. The van der Waals surface area contributed by atoms with Crippen molar-refractivity contribution >= 4 is 45.1 Å². The predicted molar refractivity (Wildman–Crippen MR) is 90.4 cm³/mol. The second kappa shape index (κ2) is 5.77. The Morgan fingerprint density at radius 2 is 1.91 bits per heavy atom. The topological polar surface area (TPSA) is 62.3 Å².